The van der Waals surface area contributed by atoms with Crippen LogP contribution < -0.4 is 15.4 Å². The summed E-state index contributed by atoms with van der Waals surface area (Å²) in [4.78, 5) is 29.6. The summed E-state index contributed by atoms with van der Waals surface area (Å²) in [5, 5.41) is 6.07. The van der Waals surface area contributed by atoms with Crippen LogP contribution in [-0.2, 0) is 27.8 Å². The third-order valence-electron chi connectivity index (χ3n) is 7.20. The van der Waals surface area contributed by atoms with Gasteiger partial charge in [0.1, 0.15) is 5.82 Å². The fourth-order valence-corrected chi connectivity index (χ4v) is 5.24. The molecule has 3 N–H and O–H groups in total. The average Bonchev–Trinajstić information content (AvgIpc) is 3.34. The second-order valence-electron chi connectivity index (χ2n) is 10.6. The standard InChI is InChI=1S/C32H36F3N5O4S/c1-3-5-11-29-38-27-17-16-24(37-20-30(41)36-18-6-4-2)19-28(27)40(29)21-22-12-14-23(15-13-22)25-9-7-8-10-26(25)31(42)39-45(43,44)32(33,34)35/h7-10,12-17,19,37H,3-6,11,18,20-21H2,1-2H3,(H,36,41)(H,39,42). The number of rotatable bonds is 14. The van der Waals surface area contributed by atoms with Crippen molar-refractivity contribution >= 4 is 38.6 Å². The Bertz CT molecular complexity index is 1750. The van der Waals surface area contributed by atoms with Crippen molar-refractivity contribution in [1.82, 2.24) is 19.6 Å². The maximum Gasteiger partial charge on any atom is 0.516 e. The van der Waals surface area contributed by atoms with E-state index < -0.39 is 21.4 Å². The third kappa shape index (κ3) is 8.41. The maximum absolute atomic E-state index is 12.8. The number of nitrogens with zero attached hydrogens (tertiary/aromatic N) is 2. The van der Waals surface area contributed by atoms with Crippen LogP contribution in [0, 0.1) is 0 Å². The molecule has 45 heavy (non-hydrogen) atoms. The van der Waals surface area contributed by atoms with Gasteiger partial charge in [0.15, 0.2) is 0 Å². The predicted molar refractivity (Wildman–Crippen MR) is 168 cm³/mol. The molecule has 0 saturated carbocycles. The molecule has 0 spiro atoms. The van der Waals surface area contributed by atoms with Gasteiger partial charge in [-0.3, -0.25) is 9.59 Å². The Kier molecular flexibility index (Phi) is 10.9. The monoisotopic (exact) mass is 643 g/mol. The molecule has 0 unspecified atom stereocenters. The molecule has 3 aromatic carbocycles. The number of hydrogen-bond acceptors (Lipinski definition) is 6. The number of imidazole rings is 1. The summed E-state index contributed by atoms with van der Waals surface area (Å²) in [5.41, 5.74) is -1.60. The van der Waals surface area contributed by atoms with Crippen LogP contribution in [-0.4, -0.2) is 48.4 Å². The summed E-state index contributed by atoms with van der Waals surface area (Å²) in [6.45, 7) is 5.43. The first kappa shape index (κ1) is 33.5. The molecular weight excluding hydrogens is 607 g/mol. The predicted octanol–water partition coefficient (Wildman–Crippen LogP) is 6.00. The van der Waals surface area contributed by atoms with Gasteiger partial charge in [0.05, 0.1) is 17.6 Å². The largest absolute Gasteiger partial charge is 0.516 e. The van der Waals surface area contributed by atoms with Crippen molar-refractivity contribution < 1.29 is 31.2 Å². The van der Waals surface area contributed by atoms with E-state index >= 15 is 0 Å². The molecule has 4 rings (SSSR count). The molecule has 0 saturated heterocycles. The quantitative estimate of drug-likeness (QED) is 0.145. The van der Waals surface area contributed by atoms with Crippen molar-refractivity contribution in [2.45, 2.75) is 58.0 Å². The van der Waals surface area contributed by atoms with Crippen molar-refractivity contribution in [2.75, 3.05) is 18.4 Å². The van der Waals surface area contributed by atoms with Crippen LogP contribution in [0.1, 0.15) is 61.3 Å². The van der Waals surface area contributed by atoms with Crippen molar-refractivity contribution in [1.29, 1.82) is 0 Å². The number of sulfonamides is 1. The van der Waals surface area contributed by atoms with E-state index in [0.717, 1.165) is 64.9 Å². The minimum atomic E-state index is -5.86. The highest BCUT2D eigenvalue weighted by molar-refractivity contribution is 7.90. The van der Waals surface area contributed by atoms with E-state index in [9.17, 15) is 31.2 Å². The summed E-state index contributed by atoms with van der Waals surface area (Å²) in [6.07, 6.45) is 4.64. The Labute approximate surface area is 260 Å². The summed E-state index contributed by atoms with van der Waals surface area (Å²) in [5.74, 6) is -0.541. The highest BCUT2D eigenvalue weighted by atomic mass is 32.2. The summed E-state index contributed by atoms with van der Waals surface area (Å²) in [7, 11) is -5.86. The summed E-state index contributed by atoms with van der Waals surface area (Å²) >= 11 is 0. The Morgan fingerprint density at radius 2 is 1.64 bits per heavy atom. The molecule has 4 aromatic rings. The first-order valence-electron chi connectivity index (χ1n) is 14.7. The zero-order valence-corrected chi connectivity index (χ0v) is 25.9. The lowest BCUT2D eigenvalue weighted by Crippen LogP contribution is -2.40. The number of anilines is 1. The molecule has 1 aromatic heterocycles. The SMILES string of the molecule is CCCCNC(=O)CNc1ccc2nc(CCCC)n(Cc3ccc(-c4ccccc4C(=O)NS(=O)(=O)C(F)(F)F)cc3)c2c1. The first-order valence-corrected chi connectivity index (χ1v) is 16.2. The number of carbonyl (C=O) groups is 2. The van der Waals surface area contributed by atoms with Crippen molar-refractivity contribution in [2.24, 2.45) is 0 Å². The molecule has 0 aliphatic carbocycles. The molecule has 0 bridgehead atoms. The van der Waals surface area contributed by atoms with Gasteiger partial charge in [0, 0.05) is 30.8 Å². The second-order valence-corrected chi connectivity index (χ2v) is 12.3. The van der Waals surface area contributed by atoms with Crippen LogP contribution in [0.4, 0.5) is 18.9 Å². The number of amides is 2. The Morgan fingerprint density at radius 1 is 0.933 bits per heavy atom. The van der Waals surface area contributed by atoms with E-state index in [4.69, 9.17) is 4.98 Å². The normalized spacial score (nSPS) is 11.8. The molecular formula is C32H36F3N5O4S. The van der Waals surface area contributed by atoms with E-state index in [0.29, 0.717) is 18.7 Å². The highest BCUT2D eigenvalue weighted by Gasteiger charge is 2.47. The topological polar surface area (TPSA) is 122 Å². The molecule has 0 radical (unpaired) electrons. The first-order chi connectivity index (χ1) is 21.4. The third-order valence-corrected chi connectivity index (χ3v) is 8.26. The zero-order valence-electron chi connectivity index (χ0n) is 25.1. The number of aromatic nitrogens is 2. The molecule has 0 aliphatic heterocycles. The van der Waals surface area contributed by atoms with Gasteiger partial charge in [0.2, 0.25) is 5.91 Å². The van der Waals surface area contributed by atoms with Crippen LogP contribution >= 0.6 is 0 Å². The number of aryl methyl sites for hydroxylation is 1. The lowest BCUT2D eigenvalue weighted by atomic mass is 9.98. The number of hydrogen-bond donors (Lipinski definition) is 3. The Balaban J connectivity index is 1.58. The minimum Gasteiger partial charge on any atom is -0.376 e. The van der Waals surface area contributed by atoms with Gasteiger partial charge in [0.25, 0.3) is 5.91 Å². The van der Waals surface area contributed by atoms with Crippen LogP contribution in [0.15, 0.2) is 66.7 Å². The fraction of sp³-hybridized carbons (Fsp3) is 0.344. The second kappa shape index (κ2) is 14.6. The van der Waals surface area contributed by atoms with Gasteiger partial charge < -0.3 is 15.2 Å². The van der Waals surface area contributed by atoms with Crippen LogP contribution in [0.3, 0.4) is 0 Å². The number of halogens is 3. The maximum atomic E-state index is 12.8. The number of alkyl halides is 3. The molecule has 0 fully saturated rings. The van der Waals surface area contributed by atoms with E-state index in [1.807, 2.05) is 30.3 Å². The van der Waals surface area contributed by atoms with E-state index in [2.05, 4.69) is 29.0 Å². The van der Waals surface area contributed by atoms with Crippen molar-refractivity contribution in [3.63, 3.8) is 0 Å². The minimum absolute atomic E-state index is 0.0817. The van der Waals surface area contributed by atoms with E-state index in [1.165, 1.54) is 18.2 Å². The molecule has 0 atom stereocenters. The van der Waals surface area contributed by atoms with Gasteiger partial charge in [-0.1, -0.05) is 69.2 Å². The van der Waals surface area contributed by atoms with E-state index in [1.54, 1.807) is 18.2 Å². The average molecular weight is 644 g/mol. The van der Waals surface area contributed by atoms with Crippen LogP contribution in [0.5, 0.6) is 0 Å². The molecule has 0 aliphatic rings. The van der Waals surface area contributed by atoms with Gasteiger partial charge >= 0.3 is 15.5 Å². The summed E-state index contributed by atoms with van der Waals surface area (Å²) in [6, 6.07) is 18.8. The summed E-state index contributed by atoms with van der Waals surface area (Å²) < 4.78 is 64.8. The fourth-order valence-electron chi connectivity index (χ4n) is 4.77. The number of nitrogens with one attached hydrogen (secondary N) is 3. The Morgan fingerprint density at radius 3 is 2.33 bits per heavy atom. The molecule has 240 valence electrons. The smallest absolute Gasteiger partial charge is 0.376 e. The molecule has 9 nitrogen and oxygen atoms in total. The van der Waals surface area contributed by atoms with Gasteiger partial charge in [-0.25, -0.2) is 9.71 Å². The number of benzene rings is 3. The highest BCUT2D eigenvalue weighted by Crippen LogP contribution is 2.28. The number of fused-ring (bicyclic) bond motifs is 1. The number of carbonyl (C=O) groups excluding carboxylic acids is 2. The van der Waals surface area contributed by atoms with Crippen molar-refractivity contribution in [3.05, 3.63) is 83.7 Å². The van der Waals surface area contributed by atoms with Crippen molar-refractivity contribution in [3.8, 4) is 11.1 Å². The number of unbranched alkanes of at least 4 members (excludes halogenated alkanes) is 2. The Hall–Kier alpha value is -4.39. The molecule has 13 heteroatoms. The van der Waals surface area contributed by atoms with Gasteiger partial charge in [-0.05, 0) is 53.8 Å². The molecule has 1 heterocycles. The lowest BCUT2D eigenvalue weighted by Gasteiger charge is -2.14. The van der Waals surface area contributed by atoms with Gasteiger partial charge in [-0.2, -0.15) is 21.6 Å². The lowest BCUT2D eigenvalue weighted by molar-refractivity contribution is -0.119. The van der Waals surface area contributed by atoms with Crippen LogP contribution in [0.2, 0.25) is 0 Å². The van der Waals surface area contributed by atoms with E-state index in [-0.39, 0.29) is 23.6 Å². The zero-order chi connectivity index (χ0) is 32.6. The van der Waals surface area contributed by atoms with Gasteiger partial charge in [-0.15, -0.1) is 0 Å². The molecule has 2 amide bonds. The van der Waals surface area contributed by atoms with Crippen LogP contribution in [0.25, 0.3) is 22.2 Å².